The van der Waals surface area contributed by atoms with Crippen LogP contribution in [-0.4, -0.2) is 22.0 Å². The highest BCUT2D eigenvalue weighted by Crippen LogP contribution is 2.37. The normalized spacial score (nSPS) is 27.3. The molecule has 2 aliphatic heterocycles. The number of pyridine rings is 1. The van der Waals surface area contributed by atoms with E-state index in [4.69, 9.17) is 11.6 Å². The van der Waals surface area contributed by atoms with E-state index in [0.717, 1.165) is 16.4 Å². The number of aromatic nitrogens is 1. The Labute approximate surface area is 103 Å². The highest BCUT2D eigenvalue weighted by Gasteiger charge is 2.29. The van der Waals surface area contributed by atoms with Gasteiger partial charge in [0.15, 0.2) is 0 Å². The molecule has 2 nitrogen and oxygen atoms in total. The van der Waals surface area contributed by atoms with Crippen molar-refractivity contribution >= 4 is 29.1 Å². The van der Waals surface area contributed by atoms with E-state index < -0.39 is 0 Å². The molecule has 2 aliphatic rings. The molecule has 1 aromatic heterocycles. The average molecular weight is 249 g/mol. The third kappa shape index (κ3) is 1.70. The van der Waals surface area contributed by atoms with Gasteiger partial charge in [0.25, 0.3) is 0 Å². The predicted molar refractivity (Wildman–Crippen MR) is 69.0 cm³/mol. The van der Waals surface area contributed by atoms with Crippen LogP contribution in [-0.2, 0) is 0 Å². The Morgan fingerprint density at radius 1 is 1.31 bits per heavy atom. The van der Waals surface area contributed by atoms with Crippen molar-refractivity contribution in [1.29, 1.82) is 0 Å². The van der Waals surface area contributed by atoms with E-state index >= 15 is 0 Å². The molecule has 0 spiro atoms. The molecule has 0 radical (unpaired) electrons. The summed E-state index contributed by atoms with van der Waals surface area (Å²) in [6, 6.07) is 5.97. The molecule has 0 amide bonds. The number of halogens is 1. The summed E-state index contributed by atoms with van der Waals surface area (Å²) in [6.45, 7) is 0. The quantitative estimate of drug-likeness (QED) is 0.763. The number of hydrogen-bond donors (Lipinski definition) is 0. The van der Waals surface area contributed by atoms with Crippen LogP contribution in [0.5, 0.6) is 0 Å². The topological polar surface area (TPSA) is 25.2 Å². The Morgan fingerprint density at radius 3 is 3.06 bits per heavy atom. The van der Waals surface area contributed by atoms with Crippen molar-refractivity contribution in [2.45, 2.75) is 11.3 Å². The Kier molecular flexibility index (Phi) is 2.58. The number of nitrogens with zero attached hydrogens (tertiary/aromatic N) is 2. The number of dihydropyridines is 1. The lowest BCUT2D eigenvalue weighted by atomic mass is 10.1. The van der Waals surface area contributed by atoms with E-state index in [1.165, 1.54) is 0 Å². The van der Waals surface area contributed by atoms with Gasteiger partial charge in [0.05, 0.1) is 22.7 Å². The van der Waals surface area contributed by atoms with Crippen LogP contribution in [0.1, 0.15) is 5.69 Å². The molecule has 0 aromatic carbocycles. The summed E-state index contributed by atoms with van der Waals surface area (Å²) in [6.07, 6.45) is 5.78. The average Bonchev–Trinajstić information content (AvgIpc) is 2.79. The van der Waals surface area contributed by atoms with Crippen molar-refractivity contribution in [3.8, 4) is 0 Å². The van der Waals surface area contributed by atoms with E-state index in [1.807, 2.05) is 24.3 Å². The first-order valence-electron chi connectivity index (χ1n) is 5.03. The predicted octanol–water partition coefficient (Wildman–Crippen LogP) is 3.00. The third-order valence-electron chi connectivity index (χ3n) is 2.57. The molecule has 2 unspecified atom stereocenters. The van der Waals surface area contributed by atoms with Crippen LogP contribution in [0.2, 0.25) is 0 Å². The molecular formula is C12H9ClN2S. The first-order chi connectivity index (χ1) is 7.84. The van der Waals surface area contributed by atoms with E-state index in [1.54, 1.807) is 18.0 Å². The van der Waals surface area contributed by atoms with Gasteiger partial charge in [-0.1, -0.05) is 23.7 Å². The number of rotatable bonds is 1. The van der Waals surface area contributed by atoms with Gasteiger partial charge >= 0.3 is 0 Å². The molecule has 0 bridgehead atoms. The fourth-order valence-corrected chi connectivity index (χ4v) is 3.11. The molecular weight excluding hydrogens is 240 g/mol. The largest absolute Gasteiger partial charge is 0.274 e. The summed E-state index contributed by atoms with van der Waals surface area (Å²) >= 11 is 7.98. The van der Waals surface area contributed by atoms with Gasteiger partial charge in [0.1, 0.15) is 0 Å². The second-order valence-corrected chi connectivity index (χ2v) is 5.12. The van der Waals surface area contributed by atoms with Crippen molar-refractivity contribution in [1.82, 2.24) is 4.98 Å². The smallest absolute Gasteiger partial charge is 0.0882 e. The number of aliphatic imine (C=N–C) groups is 1. The summed E-state index contributed by atoms with van der Waals surface area (Å²) in [5.41, 5.74) is 1.75. The van der Waals surface area contributed by atoms with Crippen LogP contribution in [0.4, 0.5) is 0 Å². The van der Waals surface area contributed by atoms with Crippen LogP contribution in [0.15, 0.2) is 52.0 Å². The van der Waals surface area contributed by atoms with Crippen molar-refractivity contribution < 1.29 is 0 Å². The SMILES string of the molecule is ClC1=CC(c2ccccn2)=NC2C=CSC12. The van der Waals surface area contributed by atoms with E-state index in [0.29, 0.717) is 0 Å². The van der Waals surface area contributed by atoms with Crippen molar-refractivity contribution in [3.05, 3.63) is 52.7 Å². The molecule has 0 saturated carbocycles. The maximum absolute atomic E-state index is 6.25. The lowest BCUT2D eigenvalue weighted by Gasteiger charge is -2.20. The second kappa shape index (κ2) is 4.07. The minimum atomic E-state index is 0.166. The number of allylic oxidation sites excluding steroid dienone is 1. The van der Waals surface area contributed by atoms with Crippen molar-refractivity contribution in [2.75, 3.05) is 0 Å². The molecule has 0 fully saturated rings. The molecule has 1 aromatic rings. The summed E-state index contributed by atoms with van der Waals surface area (Å²) in [4.78, 5) is 8.94. The molecule has 16 heavy (non-hydrogen) atoms. The maximum atomic E-state index is 6.25. The molecule has 0 aliphatic carbocycles. The first kappa shape index (κ1) is 10.1. The fourth-order valence-electron chi connectivity index (χ4n) is 1.80. The van der Waals surface area contributed by atoms with Crippen molar-refractivity contribution in [3.63, 3.8) is 0 Å². The van der Waals surface area contributed by atoms with Crippen LogP contribution >= 0.6 is 23.4 Å². The van der Waals surface area contributed by atoms with Gasteiger partial charge in [-0.3, -0.25) is 9.98 Å². The van der Waals surface area contributed by atoms with E-state index in [-0.39, 0.29) is 11.3 Å². The Balaban J connectivity index is 2.01. The zero-order chi connectivity index (χ0) is 11.0. The minimum Gasteiger partial charge on any atom is -0.274 e. The van der Waals surface area contributed by atoms with Gasteiger partial charge in [-0.05, 0) is 23.6 Å². The summed E-state index contributed by atoms with van der Waals surface area (Å²) in [7, 11) is 0. The zero-order valence-corrected chi connectivity index (χ0v) is 9.95. The van der Waals surface area contributed by atoms with E-state index in [2.05, 4.69) is 21.5 Å². The lowest BCUT2D eigenvalue weighted by molar-refractivity contribution is 0.846. The molecule has 0 saturated heterocycles. The molecule has 3 rings (SSSR count). The maximum Gasteiger partial charge on any atom is 0.0882 e. The number of hydrogen-bond acceptors (Lipinski definition) is 3. The van der Waals surface area contributed by atoms with Gasteiger partial charge in [-0.15, -0.1) is 11.8 Å². The second-order valence-electron chi connectivity index (χ2n) is 3.63. The standard InChI is InChI=1S/C12H9ClN2S/c13-8-7-11(9-3-1-2-5-14-9)15-10-4-6-16-12(8)10/h1-7,10,12H. The van der Waals surface area contributed by atoms with Crippen LogP contribution in [0.3, 0.4) is 0 Å². The lowest BCUT2D eigenvalue weighted by Crippen LogP contribution is -2.23. The highest BCUT2D eigenvalue weighted by molar-refractivity contribution is 8.03. The van der Waals surface area contributed by atoms with Gasteiger partial charge in [0.2, 0.25) is 0 Å². The monoisotopic (exact) mass is 248 g/mol. The number of thioether (sulfide) groups is 1. The summed E-state index contributed by atoms with van der Waals surface area (Å²) in [5, 5.41) is 3.20. The number of fused-ring (bicyclic) bond motifs is 1. The molecule has 4 heteroatoms. The Bertz CT molecular complexity index is 493. The van der Waals surface area contributed by atoms with Gasteiger partial charge in [0, 0.05) is 11.2 Å². The molecule has 3 heterocycles. The molecule has 0 N–H and O–H groups in total. The molecule has 2 atom stereocenters. The Morgan fingerprint density at radius 2 is 2.25 bits per heavy atom. The summed E-state index contributed by atoms with van der Waals surface area (Å²) in [5.74, 6) is 0. The zero-order valence-electron chi connectivity index (χ0n) is 8.38. The summed E-state index contributed by atoms with van der Waals surface area (Å²) < 4.78 is 0. The molecule has 80 valence electrons. The highest BCUT2D eigenvalue weighted by atomic mass is 35.5. The fraction of sp³-hybridized carbons (Fsp3) is 0.167. The van der Waals surface area contributed by atoms with Crippen molar-refractivity contribution in [2.24, 2.45) is 4.99 Å². The van der Waals surface area contributed by atoms with Crippen LogP contribution < -0.4 is 0 Å². The van der Waals surface area contributed by atoms with E-state index in [9.17, 15) is 0 Å². The van der Waals surface area contributed by atoms with Crippen LogP contribution in [0, 0.1) is 0 Å². The van der Waals surface area contributed by atoms with Gasteiger partial charge in [-0.2, -0.15) is 0 Å². The van der Waals surface area contributed by atoms with Gasteiger partial charge in [-0.25, -0.2) is 0 Å². The van der Waals surface area contributed by atoms with Crippen LogP contribution in [0.25, 0.3) is 0 Å². The third-order valence-corrected chi connectivity index (χ3v) is 4.19. The van der Waals surface area contributed by atoms with Gasteiger partial charge < -0.3 is 0 Å². The Hall–Kier alpha value is -1.06. The minimum absolute atomic E-state index is 0.166. The first-order valence-corrected chi connectivity index (χ1v) is 6.35.